The number of hydrogen-bond donors (Lipinski definition) is 2. The fourth-order valence-corrected chi connectivity index (χ4v) is 5.77. The quantitative estimate of drug-likeness (QED) is 0.738. The Morgan fingerprint density at radius 1 is 1.17 bits per heavy atom. The molecular formula is C19H23N3O5S2. The highest BCUT2D eigenvalue weighted by atomic mass is 32.2. The second-order valence-corrected chi connectivity index (χ2v) is 10.5. The van der Waals surface area contributed by atoms with Gasteiger partial charge < -0.3 is 5.32 Å². The van der Waals surface area contributed by atoms with E-state index in [4.69, 9.17) is 5.14 Å². The number of benzene rings is 2. The second kappa shape index (κ2) is 7.43. The van der Waals surface area contributed by atoms with Crippen molar-refractivity contribution in [2.24, 2.45) is 5.14 Å². The number of primary sulfonamides is 1. The van der Waals surface area contributed by atoms with Crippen molar-refractivity contribution in [3.05, 3.63) is 53.1 Å². The molecule has 0 fully saturated rings. The fourth-order valence-electron chi connectivity index (χ4n) is 3.64. The number of sulfonamides is 2. The van der Waals surface area contributed by atoms with E-state index in [-0.39, 0.29) is 10.9 Å². The molecule has 2 aromatic rings. The van der Waals surface area contributed by atoms with Crippen molar-refractivity contribution in [1.29, 1.82) is 0 Å². The topological polar surface area (TPSA) is 127 Å². The fraction of sp³-hybridized carbons (Fsp3) is 0.316. The first-order chi connectivity index (χ1) is 13.4. The van der Waals surface area contributed by atoms with Gasteiger partial charge in [-0.2, -0.15) is 0 Å². The lowest BCUT2D eigenvalue weighted by atomic mass is 10.1. The molecule has 3 rings (SSSR count). The number of anilines is 2. The van der Waals surface area contributed by atoms with E-state index in [0.717, 1.165) is 11.8 Å². The van der Waals surface area contributed by atoms with Crippen LogP contribution in [0.2, 0.25) is 0 Å². The molecule has 0 aliphatic carbocycles. The Labute approximate surface area is 170 Å². The van der Waals surface area contributed by atoms with Crippen LogP contribution in [0.5, 0.6) is 0 Å². The minimum Gasteiger partial charge on any atom is -0.322 e. The first-order valence-corrected chi connectivity index (χ1v) is 12.4. The Hall–Kier alpha value is -2.43. The van der Waals surface area contributed by atoms with Gasteiger partial charge in [0.25, 0.3) is 5.91 Å². The van der Waals surface area contributed by atoms with Crippen molar-refractivity contribution < 1.29 is 21.6 Å². The van der Waals surface area contributed by atoms with E-state index in [1.807, 2.05) is 13.8 Å². The summed E-state index contributed by atoms with van der Waals surface area (Å²) in [5.41, 5.74) is 2.56. The molecule has 0 saturated heterocycles. The number of nitrogens with two attached hydrogens (primary N) is 1. The molecule has 1 amide bonds. The summed E-state index contributed by atoms with van der Waals surface area (Å²) in [6.45, 7) is 3.62. The van der Waals surface area contributed by atoms with Crippen LogP contribution in [0.25, 0.3) is 0 Å². The number of aryl methyl sites for hydroxylation is 1. The van der Waals surface area contributed by atoms with Crippen LogP contribution in [-0.2, 0) is 32.9 Å². The van der Waals surface area contributed by atoms with Crippen LogP contribution >= 0.6 is 0 Å². The third-order valence-electron chi connectivity index (χ3n) is 4.86. The van der Waals surface area contributed by atoms with Crippen molar-refractivity contribution in [1.82, 2.24) is 0 Å². The number of carbonyl (C=O) groups excluding carboxylic acids is 1. The van der Waals surface area contributed by atoms with Crippen LogP contribution in [0, 0.1) is 0 Å². The predicted octanol–water partition coefficient (Wildman–Crippen LogP) is 1.86. The molecule has 0 aromatic heterocycles. The molecule has 1 aliphatic heterocycles. The molecular weight excluding hydrogens is 414 g/mol. The minimum atomic E-state index is -3.92. The third-order valence-corrected chi connectivity index (χ3v) is 7.13. The van der Waals surface area contributed by atoms with Gasteiger partial charge in [-0.25, -0.2) is 22.0 Å². The van der Waals surface area contributed by atoms with Crippen LogP contribution in [0.1, 0.15) is 35.3 Å². The molecule has 0 saturated carbocycles. The number of nitrogens with zero attached hydrogens (tertiary/aromatic N) is 1. The lowest BCUT2D eigenvalue weighted by Gasteiger charge is -2.21. The molecule has 0 radical (unpaired) electrons. The van der Waals surface area contributed by atoms with Gasteiger partial charge in [-0.3, -0.25) is 9.10 Å². The Morgan fingerprint density at radius 2 is 1.86 bits per heavy atom. The summed E-state index contributed by atoms with van der Waals surface area (Å²) < 4.78 is 49.0. The van der Waals surface area contributed by atoms with Crippen LogP contribution < -0.4 is 14.8 Å². The van der Waals surface area contributed by atoms with Gasteiger partial charge in [-0.15, -0.1) is 0 Å². The van der Waals surface area contributed by atoms with Crippen molar-refractivity contribution >= 4 is 37.3 Å². The number of amides is 1. The Kier molecular flexibility index (Phi) is 5.46. The average molecular weight is 438 g/mol. The van der Waals surface area contributed by atoms with Crippen molar-refractivity contribution in [3.8, 4) is 0 Å². The van der Waals surface area contributed by atoms with Gasteiger partial charge >= 0.3 is 0 Å². The summed E-state index contributed by atoms with van der Waals surface area (Å²) >= 11 is 0. The number of rotatable bonds is 5. The molecule has 0 spiro atoms. The highest BCUT2D eigenvalue weighted by Crippen LogP contribution is 2.34. The van der Waals surface area contributed by atoms with Crippen LogP contribution in [-0.4, -0.2) is 35.0 Å². The van der Waals surface area contributed by atoms with Gasteiger partial charge in [0.2, 0.25) is 20.0 Å². The molecule has 0 bridgehead atoms. The molecule has 8 nitrogen and oxygen atoms in total. The molecule has 29 heavy (non-hydrogen) atoms. The first kappa shape index (κ1) is 21.3. The summed E-state index contributed by atoms with van der Waals surface area (Å²) in [7, 11) is -7.32. The van der Waals surface area contributed by atoms with Gasteiger partial charge in [0.15, 0.2) is 0 Å². The largest absolute Gasteiger partial charge is 0.322 e. The van der Waals surface area contributed by atoms with E-state index in [2.05, 4.69) is 5.32 Å². The molecule has 156 valence electrons. The van der Waals surface area contributed by atoms with E-state index < -0.39 is 26.0 Å². The number of hydrogen-bond acceptors (Lipinski definition) is 5. The Balaban J connectivity index is 1.89. The molecule has 1 heterocycles. The SMILES string of the molecule is CCc1ccc(NC(=O)c2ccc3c(c2)CC(C)N3S(C)(=O)=O)cc1S(N)(=O)=O. The normalized spacial score (nSPS) is 16.6. The predicted molar refractivity (Wildman–Crippen MR) is 112 cm³/mol. The maximum Gasteiger partial charge on any atom is 0.255 e. The summed E-state index contributed by atoms with van der Waals surface area (Å²) in [4.78, 5) is 12.6. The monoisotopic (exact) mass is 437 g/mol. The van der Waals surface area contributed by atoms with Crippen LogP contribution in [0.3, 0.4) is 0 Å². The third kappa shape index (κ3) is 4.29. The lowest BCUT2D eigenvalue weighted by Crippen LogP contribution is -2.34. The second-order valence-electron chi connectivity index (χ2n) is 7.13. The molecule has 1 unspecified atom stereocenters. The zero-order valence-corrected chi connectivity index (χ0v) is 18.0. The molecule has 1 aliphatic rings. The standard InChI is InChI=1S/C19H23N3O5S2/c1-4-13-5-7-16(11-18(13)29(20,26)27)21-19(23)14-6-8-17-15(10-14)9-12(2)22(17)28(3,24)25/h5-8,10-12H,4,9H2,1-3H3,(H,21,23)(H2,20,26,27). The number of nitrogens with one attached hydrogen (secondary N) is 1. The van der Waals surface area contributed by atoms with E-state index in [1.165, 1.54) is 10.4 Å². The lowest BCUT2D eigenvalue weighted by molar-refractivity contribution is 0.102. The Morgan fingerprint density at radius 3 is 2.45 bits per heavy atom. The van der Waals surface area contributed by atoms with E-state index in [1.54, 1.807) is 30.3 Å². The van der Waals surface area contributed by atoms with Crippen LogP contribution in [0.15, 0.2) is 41.3 Å². The number of fused-ring (bicyclic) bond motifs is 1. The first-order valence-electron chi connectivity index (χ1n) is 9.01. The van der Waals surface area contributed by atoms with Gasteiger partial charge in [-0.05, 0) is 61.2 Å². The van der Waals surface area contributed by atoms with Crippen molar-refractivity contribution in [3.63, 3.8) is 0 Å². The maximum atomic E-state index is 12.7. The van der Waals surface area contributed by atoms with Gasteiger partial charge in [0.1, 0.15) is 0 Å². The smallest absolute Gasteiger partial charge is 0.255 e. The minimum absolute atomic E-state index is 0.0237. The average Bonchev–Trinajstić information content (AvgIpc) is 2.95. The summed E-state index contributed by atoms with van der Waals surface area (Å²) in [5, 5.41) is 7.95. The van der Waals surface area contributed by atoms with E-state index >= 15 is 0 Å². The van der Waals surface area contributed by atoms with Gasteiger partial charge in [0, 0.05) is 17.3 Å². The highest BCUT2D eigenvalue weighted by Gasteiger charge is 2.32. The zero-order chi connectivity index (χ0) is 21.6. The number of carbonyl (C=O) groups is 1. The van der Waals surface area contributed by atoms with Crippen LogP contribution in [0.4, 0.5) is 11.4 Å². The van der Waals surface area contributed by atoms with E-state index in [0.29, 0.717) is 35.3 Å². The summed E-state index contributed by atoms with van der Waals surface area (Å²) in [6, 6.07) is 9.17. The van der Waals surface area contributed by atoms with Crippen molar-refractivity contribution in [2.45, 2.75) is 37.6 Å². The summed E-state index contributed by atoms with van der Waals surface area (Å²) in [5.74, 6) is -0.428. The van der Waals surface area contributed by atoms with Gasteiger partial charge in [-0.1, -0.05) is 13.0 Å². The van der Waals surface area contributed by atoms with Gasteiger partial charge in [0.05, 0.1) is 16.8 Å². The Bertz CT molecular complexity index is 1190. The molecule has 3 N–H and O–H groups in total. The zero-order valence-electron chi connectivity index (χ0n) is 16.3. The molecule has 10 heteroatoms. The highest BCUT2D eigenvalue weighted by molar-refractivity contribution is 7.92. The van der Waals surface area contributed by atoms with Crippen molar-refractivity contribution in [2.75, 3.05) is 15.9 Å². The summed E-state index contributed by atoms with van der Waals surface area (Å²) in [6.07, 6.45) is 2.15. The van der Waals surface area contributed by atoms with E-state index in [9.17, 15) is 21.6 Å². The molecule has 1 atom stereocenters. The molecule has 2 aromatic carbocycles. The maximum absolute atomic E-state index is 12.7.